The largest absolute Gasteiger partial charge is 0.396 e. The van der Waals surface area contributed by atoms with E-state index in [-0.39, 0.29) is 5.41 Å². The number of aliphatic hydroxyl groups is 1. The summed E-state index contributed by atoms with van der Waals surface area (Å²) in [6, 6.07) is 0. The number of ketones is 1. The standard InChI is InChI=1S/C18H30O2/c1-12-15-5-4-13-10-14(20)6-9-18(13,3)16(15)7-8-17(12,2)11-19/h12-13,15-16,19H,4-11H2,1-3H3/t12-,13+,15-,16-,17+,18-/m0/s1. The van der Waals surface area contributed by atoms with Gasteiger partial charge < -0.3 is 5.11 Å². The summed E-state index contributed by atoms with van der Waals surface area (Å²) in [5.41, 5.74) is 0.511. The molecule has 1 N–H and O–H groups in total. The van der Waals surface area contributed by atoms with Crippen molar-refractivity contribution in [3.8, 4) is 0 Å². The summed E-state index contributed by atoms with van der Waals surface area (Å²) in [4.78, 5) is 11.8. The summed E-state index contributed by atoms with van der Waals surface area (Å²) in [5.74, 6) is 3.28. The van der Waals surface area contributed by atoms with Crippen molar-refractivity contribution in [3.63, 3.8) is 0 Å². The number of carbonyl (C=O) groups is 1. The molecule has 3 fully saturated rings. The fourth-order valence-electron chi connectivity index (χ4n) is 5.82. The first-order chi connectivity index (χ1) is 9.40. The Hall–Kier alpha value is -0.370. The van der Waals surface area contributed by atoms with Crippen molar-refractivity contribution in [1.29, 1.82) is 0 Å². The van der Waals surface area contributed by atoms with Gasteiger partial charge in [-0.05, 0) is 66.6 Å². The van der Waals surface area contributed by atoms with Gasteiger partial charge in [0.1, 0.15) is 5.78 Å². The molecular weight excluding hydrogens is 248 g/mol. The summed E-state index contributed by atoms with van der Waals surface area (Å²) in [6.45, 7) is 7.43. The van der Waals surface area contributed by atoms with E-state index in [0.29, 0.717) is 29.6 Å². The Labute approximate surface area is 123 Å². The van der Waals surface area contributed by atoms with E-state index in [2.05, 4.69) is 20.8 Å². The van der Waals surface area contributed by atoms with Crippen LogP contribution in [0.4, 0.5) is 0 Å². The predicted octanol–water partition coefficient (Wildman–Crippen LogP) is 3.82. The SMILES string of the molecule is C[C@H]1[C@@H]2CC[C@@H]3CC(=O)CC[C@]3(C)[C@H]2CC[C@]1(C)CO. The zero-order chi connectivity index (χ0) is 14.5. The van der Waals surface area contributed by atoms with E-state index >= 15 is 0 Å². The van der Waals surface area contributed by atoms with Gasteiger partial charge in [0, 0.05) is 19.4 Å². The number of aliphatic hydroxyl groups excluding tert-OH is 1. The minimum atomic E-state index is 0.120. The van der Waals surface area contributed by atoms with Crippen molar-refractivity contribution in [3.05, 3.63) is 0 Å². The van der Waals surface area contributed by atoms with Crippen molar-refractivity contribution in [2.75, 3.05) is 6.61 Å². The summed E-state index contributed by atoms with van der Waals surface area (Å²) in [5, 5.41) is 9.80. The van der Waals surface area contributed by atoms with E-state index in [1.165, 1.54) is 19.3 Å². The molecule has 3 saturated carbocycles. The van der Waals surface area contributed by atoms with Crippen molar-refractivity contribution >= 4 is 5.78 Å². The van der Waals surface area contributed by atoms with Gasteiger partial charge >= 0.3 is 0 Å². The van der Waals surface area contributed by atoms with Gasteiger partial charge in [-0.15, -0.1) is 0 Å². The summed E-state index contributed by atoms with van der Waals surface area (Å²) < 4.78 is 0. The number of hydrogen-bond acceptors (Lipinski definition) is 2. The Kier molecular flexibility index (Phi) is 3.52. The van der Waals surface area contributed by atoms with Crippen LogP contribution in [0.25, 0.3) is 0 Å². The second kappa shape index (κ2) is 4.83. The second-order valence-electron chi connectivity index (χ2n) is 8.43. The quantitative estimate of drug-likeness (QED) is 0.792. The van der Waals surface area contributed by atoms with Crippen LogP contribution in [-0.4, -0.2) is 17.5 Å². The topological polar surface area (TPSA) is 37.3 Å². The van der Waals surface area contributed by atoms with Crippen LogP contribution in [0.15, 0.2) is 0 Å². The van der Waals surface area contributed by atoms with Gasteiger partial charge in [0.05, 0.1) is 0 Å². The third-order valence-electron chi connectivity index (χ3n) is 7.69. The molecule has 0 aromatic carbocycles. The molecule has 3 aliphatic carbocycles. The third kappa shape index (κ3) is 1.98. The highest BCUT2D eigenvalue weighted by molar-refractivity contribution is 5.79. The molecule has 20 heavy (non-hydrogen) atoms. The highest BCUT2D eigenvalue weighted by Crippen LogP contribution is 2.62. The molecule has 0 saturated heterocycles. The summed E-state index contributed by atoms with van der Waals surface area (Å²) in [7, 11) is 0. The molecule has 0 amide bonds. The molecule has 0 aromatic heterocycles. The van der Waals surface area contributed by atoms with Crippen molar-refractivity contribution in [2.24, 2.45) is 34.5 Å². The van der Waals surface area contributed by atoms with Gasteiger partial charge in [-0.3, -0.25) is 4.79 Å². The maximum Gasteiger partial charge on any atom is 0.133 e. The van der Waals surface area contributed by atoms with Crippen molar-refractivity contribution < 1.29 is 9.90 Å². The molecule has 0 heterocycles. The molecule has 0 aromatic rings. The average Bonchev–Trinajstić information content (AvgIpc) is 2.43. The molecule has 2 heteroatoms. The fraction of sp³-hybridized carbons (Fsp3) is 0.944. The van der Waals surface area contributed by atoms with Gasteiger partial charge in [-0.1, -0.05) is 20.8 Å². The van der Waals surface area contributed by atoms with Crippen LogP contribution in [0.2, 0.25) is 0 Å². The number of Topliss-reactive ketones (excluding diaryl/α,β-unsaturated/α-hetero) is 1. The van der Waals surface area contributed by atoms with E-state index in [9.17, 15) is 9.90 Å². The van der Waals surface area contributed by atoms with Crippen LogP contribution in [-0.2, 0) is 4.79 Å². The lowest BCUT2D eigenvalue weighted by atomic mass is 9.45. The molecule has 0 bridgehead atoms. The molecule has 0 unspecified atom stereocenters. The van der Waals surface area contributed by atoms with Crippen LogP contribution >= 0.6 is 0 Å². The monoisotopic (exact) mass is 278 g/mol. The lowest BCUT2D eigenvalue weighted by Crippen LogP contribution is -2.53. The molecule has 3 rings (SSSR count). The maximum absolute atomic E-state index is 11.8. The molecule has 0 spiro atoms. The van der Waals surface area contributed by atoms with E-state index < -0.39 is 0 Å². The number of fused-ring (bicyclic) bond motifs is 3. The van der Waals surface area contributed by atoms with Gasteiger partial charge in [0.2, 0.25) is 0 Å². The fourth-order valence-corrected chi connectivity index (χ4v) is 5.82. The lowest BCUT2D eigenvalue weighted by Gasteiger charge is -2.60. The minimum absolute atomic E-state index is 0.120. The summed E-state index contributed by atoms with van der Waals surface area (Å²) in [6.07, 6.45) is 7.67. The van der Waals surface area contributed by atoms with E-state index in [1.807, 2.05) is 0 Å². The second-order valence-corrected chi connectivity index (χ2v) is 8.43. The lowest BCUT2D eigenvalue weighted by molar-refractivity contribution is -0.141. The van der Waals surface area contributed by atoms with Crippen LogP contribution < -0.4 is 0 Å². The molecule has 6 atom stereocenters. The van der Waals surface area contributed by atoms with Crippen LogP contribution in [0.3, 0.4) is 0 Å². The smallest absolute Gasteiger partial charge is 0.133 e. The maximum atomic E-state index is 11.8. The number of hydrogen-bond donors (Lipinski definition) is 1. The molecule has 114 valence electrons. The van der Waals surface area contributed by atoms with Gasteiger partial charge in [-0.25, -0.2) is 0 Å². The Balaban J connectivity index is 1.86. The zero-order valence-electron chi connectivity index (χ0n) is 13.3. The Morgan fingerprint density at radius 3 is 2.65 bits per heavy atom. The Morgan fingerprint density at radius 2 is 1.95 bits per heavy atom. The zero-order valence-corrected chi connectivity index (χ0v) is 13.3. The Bertz CT molecular complexity index is 404. The van der Waals surface area contributed by atoms with E-state index in [4.69, 9.17) is 0 Å². The van der Waals surface area contributed by atoms with E-state index in [1.54, 1.807) is 0 Å². The molecule has 3 aliphatic rings. The third-order valence-corrected chi connectivity index (χ3v) is 7.69. The van der Waals surface area contributed by atoms with Crippen molar-refractivity contribution in [1.82, 2.24) is 0 Å². The van der Waals surface area contributed by atoms with Gasteiger partial charge in [-0.2, -0.15) is 0 Å². The van der Waals surface area contributed by atoms with Crippen LogP contribution in [0.1, 0.15) is 65.7 Å². The molecule has 0 radical (unpaired) electrons. The summed E-state index contributed by atoms with van der Waals surface area (Å²) >= 11 is 0. The first kappa shape index (κ1) is 14.6. The number of rotatable bonds is 1. The molecule has 2 nitrogen and oxygen atoms in total. The van der Waals surface area contributed by atoms with Crippen LogP contribution in [0.5, 0.6) is 0 Å². The normalized spacial score (nSPS) is 52.3. The first-order valence-electron chi connectivity index (χ1n) is 8.53. The highest BCUT2D eigenvalue weighted by atomic mass is 16.3. The van der Waals surface area contributed by atoms with Gasteiger partial charge in [0.15, 0.2) is 0 Å². The van der Waals surface area contributed by atoms with Crippen molar-refractivity contribution in [2.45, 2.75) is 65.7 Å². The average molecular weight is 278 g/mol. The Morgan fingerprint density at radius 1 is 1.20 bits per heavy atom. The minimum Gasteiger partial charge on any atom is -0.396 e. The van der Waals surface area contributed by atoms with Gasteiger partial charge in [0.25, 0.3) is 0 Å². The molecular formula is C18H30O2. The highest BCUT2D eigenvalue weighted by Gasteiger charge is 2.55. The number of carbonyl (C=O) groups excluding carboxylic acids is 1. The van der Waals surface area contributed by atoms with Crippen LogP contribution in [0, 0.1) is 34.5 Å². The predicted molar refractivity (Wildman–Crippen MR) is 80.3 cm³/mol. The van der Waals surface area contributed by atoms with E-state index in [0.717, 1.165) is 37.5 Å². The first-order valence-corrected chi connectivity index (χ1v) is 8.53. The molecule has 0 aliphatic heterocycles.